The van der Waals surface area contributed by atoms with Gasteiger partial charge in [0.15, 0.2) is 0 Å². The van der Waals surface area contributed by atoms with E-state index < -0.39 is 0 Å². The summed E-state index contributed by atoms with van der Waals surface area (Å²) in [4.78, 5) is 15.2. The van der Waals surface area contributed by atoms with Crippen molar-refractivity contribution >= 4 is 5.69 Å². The molecule has 0 spiro atoms. The molecule has 1 saturated heterocycles. The maximum absolute atomic E-state index is 10.6. The topological polar surface area (TPSA) is 49.6 Å². The molecule has 5 nitrogen and oxygen atoms in total. The van der Waals surface area contributed by atoms with Gasteiger partial charge in [-0.05, 0) is 11.5 Å². The van der Waals surface area contributed by atoms with Crippen LogP contribution in [0.3, 0.4) is 0 Å². The number of nitro benzene ring substituents is 1. The van der Waals surface area contributed by atoms with Gasteiger partial charge >= 0.3 is 0 Å². The van der Waals surface area contributed by atoms with Crippen molar-refractivity contribution in [3.63, 3.8) is 0 Å². The number of benzene rings is 1. The molecule has 1 aromatic carbocycles. The van der Waals surface area contributed by atoms with E-state index in [1.165, 1.54) is 6.54 Å². The molecule has 0 atom stereocenters. The van der Waals surface area contributed by atoms with E-state index in [1.807, 2.05) is 12.1 Å². The average Bonchev–Trinajstić information content (AvgIpc) is 2.41. The van der Waals surface area contributed by atoms with Gasteiger partial charge in [0.25, 0.3) is 5.69 Å². The Kier molecular flexibility index (Phi) is 5.09. The molecular weight excluding hydrogens is 254 g/mol. The molecule has 0 saturated carbocycles. The summed E-state index contributed by atoms with van der Waals surface area (Å²) in [7, 11) is 0. The first-order valence-corrected chi connectivity index (χ1v) is 7.22. The van der Waals surface area contributed by atoms with Crippen LogP contribution >= 0.6 is 0 Å². The summed E-state index contributed by atoms with van der Waals surface area (Å²) in [5, 5.41) is 10.6. The number of hydrogen-bond acceptors (Lipinski definition) is 4. The molecule has 5 heteroatoms. The van der Waals surface area contributed by atoms with Crippen LogP contribution in [0, 0.1) is 16.0 Å². The quantitative estimate of drug-likeness (QED) is 0.612. The summed E-state index contributed by atoms with van der Waals surface area (Å²) >= 11 is 0. The molecule has 0 aromatic heterocycles. The molecule has 0 bridgehead atoms. The second-order valence-corrected chi connectivity index (χ2v) is 5.89. The van der Waals surface area contributed by atoms with Crippen LogP contribution in [-0.2, 0) is 6.54 Å². The van der Waals surface area contributed by atoms with Gasteiger partial charge in [0.1, 0.15) is 0 Å². The average molecular weight is 277 g/mol. The van der Waals surface area contributed by atoms with Crippen LogP contribution in [0.5, 0.6) is 0 Å². The normalized spacial score (nSPS) is 17.6. The molecule has 1 aliphatic heterocycles. The second-order valence-electron chi connectivity index (χ2n) is 5.89. The van der Waals surface area contributed by atoms with E-state index in [0.717, 1.165) is 44.2 Å². The van der Waals surface area contributed by atoms with Crippen molar-refractivity contribution in [2.45, 2.75) is 20.4 Å². The Bertz CT molecular complexity index is 437. The first-order valence-electron chi connectivity index (χ1n) is 7.22. The fraction of sp³-hybridized carbons (Fsp3) is 0.600. The van der Waals surface area contributed by atoms with Crippen LogP contribution < -0.4 is 0 Å². The van der Waals surface area contributed by atoms with Gasteiger partial charge in [-0.3, -0.25) is 15.0 Å². The van der Waals surface area contributed by atoms with Crippen molar-refractivity contribution in [2.75, 3.05) is 32.7 Å². The van der Waals surface area contributed by atoms with Gasteiger partial charge in [0.2, 0.25) is 0 Å². The van der Waals surface area contributed by atoms with E-state index in [1.54, 1.807) is 12.1 Å². The van der Waals surface area contributed by atoms with Crippen LogP contribution in [0.2, 0.25) is 0 Å². The van der Waals surface area contributed by atoms with Gasteiger partial charge in [-0.15, -0.1) is 0 Å². The summed E-state index contributed by atoms with van der Waals surface area (Å²) in [6.45, 7) is 10.9. The molecule has 2 rings (SSSR count). The third-order valence-corrected chi connectivity index (χ3v) is 3.64. The summed E-state index contributed by atoms with van der Waals surface area (Å²) < 4.78 is 0. The van der Waals surface area contributed by atoms with Crippen LogP contribution in [0.25, 0.3) is 0 Å². The highest BCUT2D eigenvalue weighted by molar-refractivity contribution is 5.32. The van der Waals surface area contributed by atoms with Crippen molar-refractivity contribution in [3.8, 4) is 0 Å². The lowest BCUT2D eigenvalue weighted by Gasteiger charge is -2.35. The van der Waals surface area contributed by atoms with E-state index in [0.29, 0.717) is 0 Å². The van der Waals surface area contributed by atoms with E-state index in [4.69, 9.17) is 0 Å². The van der Waals surface area contributed by atoms with Crippen LogP contribution in [0.15, 0.2) is 24.3 Å². The Labute approximate surface area is 120 Å². The minimum absolute atomic E-state index is 0.163. The molecular formula is C15H23N3O2. The maximum Gasteiger partial charge on any atom is 0.269 e. The molecule has 0 unspecified atom stereocenters. The zero-order valence-electron chi connectivity index (χ0n) is 12.3. The standard InChI is InChI=1S/C15H23N3O2/c1-13(2)11-16-7-9-17(10-8-16)12-14-3-5-15(6-4-14)18(19)20/h3-6,13H,7-12H2,1-2H3. The van der Waals surface area contributed by atoms with Crippen LogP contribution in [-0.4, -0.2) is 47.4 Å². The molecule has 1 aromatic rings. The van der Waals surface area contributed by atoms with Gasteiger partial charge in [0.05, 0.1) is 4.92 Å². The molecule has 0 radical (unpaired) electrons. The minimum Gasteiger partial charge on any atom is -0.301 e. The van der Waals surface area contributed by atoms with Crippen LogP contribution in [0.1, 0.15) is 19.4 Å². The van der Waals surface area contributed by atoms with Gasteiger partial charge in [-0.1, -0.05) is 26.0 Å². The molecule has 20 heavy (non-hydrogen) atoms. The number of rotatable bonds is 5. The molecule has 0 amide bonds. The SMILES string of the molecule is CC(C)CN1CCN(Cc2ccc([N+](=O)[O-])cc2)CC1. The molecule has 1 aliphatic rings. The van der Waals surface area contributed by atoms with Crippen LogP contribution in [0.4, 0.5) is 5.69 Å². The minimum atomic E-state index is -0.353. The zero-order chi connectivity index (χ0) is 14.5. The largest absolute Gasteiger partial charge is 0.301 e. The number of non-ortho nitro benzene ring substituents is 1. The molecule has 0 aliphatic carbocycles. The zero-order valence-corrected chi connectivity index (χ0v) is 12.3. The highest BCUT2D eigenvalue weighted by atomic mass is 16.6. The number of nitro groups is 1. The molecule has 1 heterocycles. The van der Waals surface area contributed by atoms with E-state index >= 15 is 0 Å². The Morgan fingerprint density at radius 1 is 1.10 bits per heavy atom. The molecule has 1 fully saturated rings. The highest BCUT2D eigenvalue weighted by Gasteiger charge is 2.17. The van der Waals surface area contributed by atoms with Gasteiger partial charge < -0.3 is 4.90 Å². The van der Waals surface area contributed by atoms with E-state index in [9.17, 15) is 10.1 Å². The highest BCUT2D eigenvalue weighted by Crippen LogP contribution is 2.14. The lowest BCUT2D eigenvalue weighted by Crippen LogP contribution is -2.46. The second kappa shape index (κ2) is 6.81. The van der Waals surface area contributed by atoms with Crippen molar-refractivity contribution < 1.29 is 4.92 Å². The van der Waals surface area contributed by atoms with E-state index in [-0.39, 0.29) is 10.6 Å². The van der Waals surface area contributed by atoms with Gasteiger partial charge in [-0.25, -0.2) is 0 Å². The van der Waals surface area contributed by atoms with Crippen molar-refractivity contribution in [2.24, 2.45) is 5.92 Å². The van der Waals surface area contributed by atoms with E-state index in [2.05, 4.69) is 23.6 Å². The lowest BCUT2D eigenvalue weighted by atomic mass is 10.1. The maximum atomic E-state index is 10.6. The first kappa shape index (κ1) is 14.9. The molecule has 0 N–H and O–H groups in total. The lowest BCUT2D eigenvalue weighted by molar-refractivity contribution is -0.384. The summed E-state index contributed by atoms with van der Waals surface area (Å²) in [5.74, 6) is 0.719. The number of nitrogens with zero attached hydrogens (tertiary/aromatic N) is 3. The Morgan fingerprint density at radius 2 is 1.65 bits per heavy atom. The predicted octanol–water partition coefficient (Wildman–Crippen LogP) is 2.37. The number of hydrogen-bond donors (Lipinski definition) is 0. The Balaban J connectivity index is 1.81. The summed E-state index contributed by atoms with van der Waals surface area (Å²) in [5.41, 5.74) is 1.31. The monoisotopic (exact) mass is 277 g/mol. The summed E-state index contributed by atoms with van der Waals surface area (Å²) in [6, 6.07) is 6.89. The third-order valence-electron chi connectivity index (χ3n) is 3.64. The van der Waals surface area contributed by atoms with Crippen molar-refractivity contribution in [1.29, 1.82) is 0 Å². The Morgan fingerprint density at radius 3 is 2.15 bits per heavy atom. The third kappa shape index (κ3) is 4.28. The predicted molar refractivity (Wildman–Crippen MR) is 79.7 cm³/mol. The number of piperazine rings is 1. The fourth-order valence-corrected chi connectivity index (χ4v) is 2.63. The fourth-order valence-electron chi connectivity index (χ4n) is 2.63. The van der Waals surface area contributed by atoms with Crippen molar-refractivity contribution in [1.82, 2.24) is 9.80 Å². The van der Waals surface area contributed by atoms with Crippen molar-refractivity contribution in [3.05, 3.63) is 39.9 Å². The smallest absolute Gasteiger partial charge is 0.269 e. The molecule has 110 valence electrons. The first-order chi connectivity index (χ1) is 9.54. The van der Waals surface area contributed by atoms with Gasteiger partial charge in [0, 0.05) is 51.4 Å². The Hall–Kier alpha value is -1.46. The van der Waals surface area contributed by atoms with Gasteiger partial charge in [-0.2, -0.15) is 0 Å². The summed E-state index contributed by atoms with van der Waals surface area (Å²) in [6.07, 6.45) is 0.